The summed E-state index contributed by atoms with van der Waals surface area (Å²) in [5, 5.41) is 8.52. The molecular formula is C23H37N5O2. The number of aromatic amines is 1. The van der Waals surface area contributed by atoms with Gasteiger partial charge in [0.05, 0.1) is 6.33 Å². The van der Waals surface area contributed by atoms with Crippen molar-refractivity contribution in [2.24, 2.45) is 5.92 Å². The second-order valence-electron chi connectivity index (χ2n) is 8.09. The highest BCUT2D eigenvalue weighted by Gasteiger charge is 2.07. The third-order valence-corrected chi connectivity index (χ3v) is 5.58. The van der Waals surface area contributed by atoms with Crippen LogP contribution in [0, 0.1) is 5.92 Å². The monoisotopic (exact) mass is 415 g/mol. The van der Waals surface area contributed by atoms with Crippen LogP contribution in [0.15, 0.2) is 24.8 Å². The summed E-state index contributed by atoms with van der Waals surface area (Å²) in [7, 11) is 0. The maximum atomic E-state index is 10.3. The number of aliphatic carboxylic acids is 1. The van der Waals surface area contributed by atoms with Gasteiger partial charge in [-0.2, -0.15) is 0 Å². The maximum Gasteiger partial charge on any atom is 0.303 e. The number of rotatable bonds is 13. The van der Waals surface area contributed by atoms with E-state index in [2.05, 4.69) is 32.1 Å². The lowest BCUT2D eigenvalue weighted by Gasteiger charge is -2.06. The summed E-state index contributed by atoms with van der Waals surface area (Å²) in [5.41, 5.74) is 6.78. The number of nitrogens with two attached hydrogens (primary N) is 1. The summed E-state index contributed by atoms with van der Waals surface area (Å²) < 4.78 is 0. The molecule has 1 aliphatic rings. The van der Waals surface area contributed by atoms with Gasteiger partial charge in [0.2, 0.25) is 0 Å². The van der Waals surface area contributed by atoms with Gasteiger partial charge >= 0.3 is 5.97 Å². The van der Waals surface area contributed by atoms with Crippen LogP contribution in [0.1, 0.15) is 89.9 Å². The maximum absolute atomic E-state index is 10.3. The summed E-state index contributed by atoms with van der Waals surface area (Å²) in [6, 6.07) is 0. The molecule has 0 fully saturated rings. The van der Waals surface area contributed by atoms with Crippen LogP contribution >= 0.6 is 0 Å². The van der Waals surface area contributed by atoms with Gasteiger partial charge in [0.25, 0.3) is 0 Å². The number of hydrogen-bond acceptors (Lipinski definition) is 5. The van der Waals surface area contributed by atoms with Gasteiger partial charge in [0.15, 0.2) is 11.5 Å². The van der Waals surface area contributed by atoms with E-state index in [1.165, 1.54) is 83.3 Å². The number of nitrogens with zero attached hydrogens (tertiary/aromatic N) is 3. The zero-order valence-electron chi connectivity index (χ0n) is 18.1. The number of anilines is 1. The Morgan fingerprint density at radius 2 is 1.67 bits per heavy atom. The Bertz CT molecular complexity index is 759. The standard InChI is InChI=1S/C18H32O2.C5H5N5/c19-18(20)16-10-8-6-4-2-1-3-5-7-9-13-17-14-11-12-15-17;6-4-3-5(9-1-7-3)10-2-8-4/h11,14,17H,1-10,12-13,15-16H2,(H,19,20);1-2H,(H3,6,7,8,9,10). The van der Waals surface area contributed by atoms with E-state index in [0.717, 1.165) is 18.8 Å². The number of hydrogen-bond donors (Lipinski definition) is 3. The minimum absolute atomic E-state index is 0.343. The van der Waals surface area contributed by atoms with Crippen molar-refractivity contribution in [3.63, 3.8) is 0 Å². The van der Waals surface area contributed by atoms with Crippen molar-refractivity contribution in [2.75, 3.05) is 5.73 Å². The molecule has 4 N–H and O–H groups in total. The fourth-order valence-corrected chi connectivity index (χ4v) is 3.82. The Balaban J connectivity index is 0.000000263. The molecule has 2 heterocycles. The van der Waals surface area contributed by atoms with Crippen molar-refractivity contribution < 1.29 is 9.90 Å². The lowest BCUT2D eigenvalue weighted by atomic mass is 9.99. The number of unbranched alkanes of at least 4 members (excludes halogenated alkanes) is 9. The molecule has 0 saturated heterocycles. The van der Waals surface area contributed by atoms with Crippen LogP contribution in [0.4, 0.5) is 5.82 Å². The van der Waals surface area contributed by atoms with Crippen molar-refractivity contribution in [3.8, 4) is 0 Å². The topological polar surface area (TPSA) is 118 Å². The molecule has 2 aromatic heterocycles. The van der Waals surface area contributed by atoms with E-state index in [4.69, 9.17) is 10.8 Å². The zero-order valence-corrected chi connectivity index (χ0v) is 18.1. The Morgan fingerprint density at radius 1 is 1.00 bits per heavy atom. The van der Waals surface area contributed by atoms with E-state index in [1.807, 2.05) is 0 Å². The average Bonchev–Trinajstić information content (AvgIpc) is 3.41. The molecule has 1 unspecified atom stereocenters. The van der Waals surface area contributed by atoms with E-state index in [1.54, 1.807) is 0 Å². The number of carbonyl (C=O) groups is 1. The molecular weight excluding hydrogens is 378 g/mol. The van der Waals surface area contributed by atoms with Crippen LogP contribution in [0.3, 0.4) is 0 Å². The SMILES string of the molecule is Nc1ncnc2nc[nH]c12.O=C(O)CCCCCCCCCCCCC1C=CCC1. The molecule has 0 aromatic carbocycles. The molecule has 0 bridgehead atoms. The molecule has 3 rings (SSSR count). The molecule has 0 saturated carbocycles. The highest BCUT2D eigenvalue weighted by Crippen LogP contribution is 2.23. The fourth-order valence-electron chi connectivity index (χ4n) is 3.82. The second kappa shape index (κ2) is 14.5. The summed E-state index contributed by atoms with van der Waals surface area (Å²) >= 11 is 0. The number of allylic oxidation sites excluding steroid dienone is 2. The minimum atomic E-state index is -0.655. The molecule has 1 atom stereocenters. The Kier molecular flexibility index (Phi) is 11.5. The summed E-state index contributed by atoms with van der Waals surface area (Å²) in [6.07, 6.45) is 24.8. The summed E-state index contributed by atoms with van der Waals surface area (Å²) in [5.74, 6) is 0.668. The van der Waals surface area contributed by atoms with Gasteiger partial charge in [-0.1, -0.05) is 69.9 Å². The van der Waals surface area contributed by atoms with Gasteiger partial charge in [0.1, 0.15) is 11.8 Å². The molecule has 0 spiro atoms. The molecule has 30 heavy (non-hydrogen) atoms. The van der Waals surface area contributed by atoms with Gasteiger partial charge in [0, 0.05) is 6.42 Å². The number of nitrogens with one attached hydrogen (secondary N) is 1. The Morgan fingerprint density at radius 3 is 2.27 bits per heavy atom. The third kappa shape index (κ3) is 9.85. The highest BCUT2D eigenvalue weighted by molar-refractivity contribution is 5.80. The summed E-state index contributed by atoms with van der Waals surface area (Å²) in [6.45, 7) is 0. The van der Waals surface area contributed by atoms with Gasteiger partial charge in [-0.3, -0.25) is 4.79 Å². The van der Waals surface area contributed by atoms with E-state index in [9.17, 15) is 4.79 Å². The Labute approximate surface area is 179 Å². The van der Waals surface area contributed by atoms with Gasteiger partial charge in [-0.15, -0.1) is 0 Å². The first-order valence-electron chi connectivity index (χ1n) is 11.4. The minimum Gasteiger partial charge on any atom is -0.481 e. The first-order chi connectivity index (χ1) is 14.7. The molecule has 166 valence electrons. The van der Waals surface area contributed by atoms with Crippen molar-refractivity contribution >= 4 is 23.0 Å². The lowest BCUT2D eigenvalue weighted by molar-refractivity contribution is -0.137. The number of carboxylic acids is 1. The first-order valence-corrected chi connectivity index (χ1v) is 11.4. The molecule has 0 amide bonds. The van der Waals surface area contributed by atoms with E-state index in [0.29, 0.717) is 23.4 Å². The van der Waals surface area contributed by atoms with Crippen LogP contribution in [-0.2, 0) is 4.79 Å². The van der Waals surface area contributed by atoms with Crippen molar-refractivity contribution in [2.45, 2.75) is 89.9 Å². The number of aromatic nitrogens is 4. The zero-order chi connectivity index (χ0) is 21.4. The average molecular weight is 416 g/mol. The van der Waals surface area contributed by atoms with E-state index >= 15 is 0 Å². The normalized spacial score (nSPS) is 15.3. The van der Waals surface area contributed by atoms with Crippen LogP contribution in [0.5, 0.6) is 0 Å². The molecule has 7 nitrogen and oxygen atoms in total. The molecule has 1 aliphatic carbocycles. The largest absolute Gasteiger partial charge is 0.481 e. The highest BCUT2D eigenvalue weighted by atomic mass is 16.4. The van der Waals surface area contributed by atoms with E-state index in [-0.39, 0.29) is 0 Å². The van der Waals surface area contributed by atoms with Crippen molar-refractivity contribution in [3.05, 3.63) is 24.8 Å². The summed E-state index contributed by atoms with van der Waals surface area (Å²) in [4.78, 5) is 24.7. The smallest absolute Gasteiger partial charge is 0.303 e. The second-order valence-corrected chi connectivity index (χ2v) is 8.09. The fraction of sp³-hybridized carbons (Fsp3) is 0.652. The van der Waals surface area contributed by atoms with Crippen LogP contribution in [0.2, 0.25) is 0 Å². The molecule has 2 aromatic rings. The van der Waals surface area contributed by atoms with Crippen LogP contribution in [0.25, 0.3) is 11.2 Å². The molecule has 7 heteroatoms. The first kappa shape index (κ1) is 23.8. The van der Waals surface area contributed by atoms with Gasteiger partial charge < -0.3 is 15.8 Å². The Hall–Kier alpha value is -2.44. The predicted molar refractivity (Wildman–Crippen MR) is 121 cm³/mol. The number of carboxylic acid groups (broad SMARTS) is 1. The lowest BCUT2D eigenvalue weighted by Crippen LogP contribution is -1.93. The van der Waals surface area contributed by atoms with Crippen LogP contribution < -0.4 is 5.73 Å². The molecule has 0 aliphatic heterocycles. The number of H-pyrrole nitrogens is 1. The van der Waals surface area contributed by atoms with Crippen molar-refractivity contribution in [1.82, 2.24) is 19.9 Å². The number of fused-ring (bicyclic) bond motifs is 1. The van der Waals surface area contributed by atoms with Crippen molar-refractivity contribution in [1.29, 1.82) is 0 Å². The van der Waals surface area contributed by atoms with Crippen LogP contribution in [-0.4, -0.2) is 31.0 Å². The van der Waals surface area contributed by atoms with E-state index < -0.39 is 5.97 Å². The predicted octanol–water partition coefficient (Wildman–Crippen LogP) is 5.65. The number of imidazole rings is 1. The quantitative estimate of drug-likeness (QED) is 0.287. The van der Waals surface area contributed by atoms with Gasteiger partial charge in [-0.05, 0) is 31.6 Å². The third-order valence-electron chi connectivity index (χ3n) is 5.58. The molecule has 0 radical (unpaired) electrons. The number of nitrogen functional groups attached to an aromatic ring is 1. The van der Waals surface area contributed by atoms with Gasteiger partial charge in [-0.25, -0.2) is 15.0 Å².